The van der Waals surface area contributed by atoms with Crippen LogP contribution in [0.2, 0.25) is 0 Å². The summed E-state index contributed by atoms with van der Waals surface area (Å²) >= 11 is 1.45. The Morgan fingerprint density at radius 2 is 2.36 bits per heavy atom. The van der Waals surface area contributed by atoms with E-state index < -0.39 is 0 Å². The third-order valence-electron chi connectivity index (χ3n) is 1.97. The first kappa shape index (κ1) is 9.35. The Bertz CT molecular complexity index is 352. The molecule has 2 amide bonds. The van der Waals surface area contributed by atoms with Gasteiger partial charge in [0.15, 0.2) is 0 Å². The van der Waals surface area contributed by atoms with E-state index >= 15 is 0 Å². The second-order valence-corrected chi connectivity index (χ2v) is 3.96. The number of nitrogens with one attached hydrogen (secondary N) is 1. The highest BCUT2D eigenvalue weighted by Gasteiger charge is 2.28. The quantitative estimate of drug-likeness (QED) is 0.774. The van der Waals surface area contributed by atoms with Crippen molar-refractivity contribution >= 4 is 22.5 Å². The van der Waals surface area contributed by atoms with Crippen LogP contribution in [0, 0.1) is 0 Å². The van der Waals surface area contributed by atoms with Gasteiger partial charge in [0, 0.05) is 7.05 Å². The standard InChI is InChI=1S/C7H11N5OS/c1-3-5-9-10-6(14-5)12-4-8-11(2)7(12)13/h8H,3-4H2,1-2H3. The molecule has 1 aromatic rings. The lowest BCUT2D eigenvalue weighted by Gasteiger charge is -2.08. The molecule has 0 aromatic carbocycles. The van der Waals surface area contributed by atoms with Crippen LogP contribution in [0.25, 0.3) is 0 Å². The number of amides is 2. The summed E-state index contributed by atoms with van der Waals surface area (Å²) < 4.78 is 0. The van der Waals surface area contributed by atoms with Gasteiger partial charge >= 0.3 is 6.03 Å². The molecular formula is C7H11N5OS. The Morgan fingerprint density at radius 3 is 2.86 bits per heavy atom. The first-order valence-electron chi connectivity index (χ1n) is 4.33. The molecular weight excluding hydrogens is 202 g/mol. The van der Waals surface area contributed by atoms with E-state index in [-0.39, 0.29) is 6.03 Å². The summed E-state index contributed by atoms with van der Waals surface area (Å²) in [6.45, 7) is 2.48. The molecule has 0 aliphatic carbocycles. The van der Waals surface area contributed by atoms with Gasteiger partial charge in [-0.3, -0.25) is 9.91 Å². The number of anilines is 1. The summed E-state index contributed by atoms with van der Waals surface area (Å²) in [5, 5.41) is 11.0. The Labute approximate surface area is 85.5 Å². The average molecular weight is 213 g/mol. The van der Waals surface area contributed by atoms with E-state index in [0.717, 1.165) is 11.4 Å². The lowest BCUT2D eigenvalue weighted by atomic mass is 10.5. The van der Waals surface area contributed by atoms with Gasteiger partial charge in [0.25, 0.3) is 0 Å². The van der Waals surface area contributed by atoms with E-state index in [1.54, 1.807) is 11.9 Å². The van der Waals surface area contributed by atoms with Crippen LogP contribution >= 0.6 is 11.3 Å². The molecule has 6 nitrogen and oxygen atoms in total. The summed E-state index contributed by atoms with van der Waals surface area (Å²) in [7, 11) is 1.68. The molecule has 1 aromatic heterocycles. The number of nitrogens with zero attached hydrogens (tertiary/aromatic N) is 4. The SMILES string of the molecule is CCc1nnc(N2CNN(C)C2=O)s1. The largest absolute Gasteiger partial charge is 0.341 e. The van der Waals surface area contributed by atoms with Crippen molar-refractivity contribution in [3.05, 3.63) is 5.01 Å². The predicted octanol–water partition coefficient (Wildman–Crippen LogP) is 0.434. The minimum Gasteiger partial charge on any atom is -0.261 e. The Hall–Kier alpha value is -1.21. The molecule has 0 atom stereocenters. The highest BCUT2D eigenvalue weighted by molar-refractivity contribution is 7.15. The normalized spacial score (nSPS) is 16.9. The smallest absolute Gasteiger partial charge is 0.261 e. The van der Waals surface area contributed by atoms with Gasteiger partial charge in [-0.25, -0.2) is 10.2 Å². The van der Waals surface area contributed by atoms with Crippen LogP contribution in [0.1, 0.15) is 11.9 Å². The average Bonchev–Trinajstić information content (AvgIpc) is 2.75. The van der Waals surface area contributed by atoms with Crippen LogP contribution in [0.4, 0.5) is 9.93 Å². The maximum atomic E-state index is 11.5. The molecule has 0 spiro atoms. The van der Waals surface area contributed by atoms with E-state index in [9.17, 15) is 4.79 Å². The molecule has 7 heteroatoms. The number of hydrogen-bond donors (Lipinski definition) is 1. The minimum atomic E-state index is -0.0937. The summed E-state index contributed by atoms with van der Waals surface area (Å²) in [6, 6.07) is -0.0937. The van der Waals surface area contributed by atoms with Crippen LogP contribution in [-0.2, 0) is 6.42 Å². The van der Waals surface area contributed by atoms with Crippen molar-refractivity contribution in [2.24, 2.45) is 0 Å². The molecule has 2 rings (SSSR count). The van der Waals surface area contributed by atoms with E-state index in [1.165, 1.54) is 16.3 Å². The van der Waals surface area contributed by atoms with Gasteiger partial charge in [0.2, 0.25) is 5.13 Å². The van der Waals surface area contributed by atoms with Gasteiger partial charge in [0.1, 0.15) is 5.01 Å². The monoisotopic (exact) mass is 213 g/mol. The van der Waals surface area contributed by atoms with Crippen LogP contribution < -0.4 is 10.3 Å². The summed E-state index contributed by atoms with van der Waals surface area (Å²) in [5.74, 6) is 0. The van der Waals surface area contributed by atoms with Gasteiger partial charge in [-0.15, -0.1) is 10.2 Å². The second kappa shape index (κ2) is 3.50. The molecule has 76 valence electrons. The first-order chi connectivity index (χ1) is 6.72. The number of aromatic nitrogens is 2. The molecule has 0 unspecified atom stereocenters. The molecule has 14 heavy (non-hydrogen) atoms. The number of hydrogen-bond acceptors (Lipinski definition) is 5. The fourth-order valence-electron chi connectivity index (χ4n) is 1.14. The summed E-state index contributed by atoms with van der Waals surface area (Å²) in [5.41, 5.74) is 2.89. The maximum absolute atomic E-state index is 11.5. The van der Waals surface area contributed by atoms with Crippen molar-refractivity contribution in [1.29, 1.82) is 0 Å². The molecule has 1 N–H and O–H groups in total. The molecule has 0 bridgehead atoms. The molecule has 1 fully saturated rings. The van der Waals surface area contributed by atoms with Crippen molar-refractivity contribution in [2.45, 2.75) is 13.3 Å². The fourth-order valence-corrected chi connectivity index (χ4v) is 1.91. The number of carbonyl (C=O) groups is 1. The van der Waals surface area contributed by atoms with Crippen LogP contribution in [0.5, 0.6) is 0 Å². The van der Waals surface area contributed by atoms with Gasteiger partial charge in [-0.05, 0) is 6.42 Å². The number of rotatable bonds is 2. The topological polar surface area (TPSA) is 61.4 Å². The third kappa shape index (κ3) is 1.44. The lowest BCUT2D eigenvalue weighted by Crippen LogP contribution is -2.31. The minimum absolute atomic E-state index is 0.0937. The zero-order chi connectivity index (χ0) is 10.1. The van der Waals surface area contributed by atoms with Crippen molar-refractivity contribution in [2.75, 3.05) is 18.6 Å². The Morgan fingerprint density at radius 1 is 1.57 bits per heavy atom. The van der Waals surface area contributed by atoms with E-state index in [1.807, 2.05) is 6.92 Å². The highest BCUT2D eigenvalue weighted by atomic mass is 32.1. The maximum Gasteiger partial charge on any atom is 0.341 e. The van der Waals surface area contributed by atoms with E-state index in [2.05, 4.69) is 15.6 Å². The van der Waals surface area contributed by atoms with Crippen molar-refractivity contribution in [1.82, 2.24) is 20.6 Å². The zero-order valence-corrected chi connectivity index (χ0v) is 8.84. The number of hydrazine groups is 1. The number of urea groups is 1. The third-order valence-corrected chi connectivity index (χ3v) is 3.06. The van der Waals surface area contributed by atoms with Crippen LogP contribution in [-0.4, -0.2) is 35.0 Å². The summed E-state index contributed by atoms with van der Waals surface area (Å²) in [6.07, 6.45) is 0.850. The highest BCUT2D eigenvalue weighted by Crippen LogP contribution is 2.22. The Kier molecular flexibility index (Phi) is 2.34. The first-order valence-corrected chi connectivity index (χ1v) is 5.15. The molecule has 0 radical (unpaired) electrons. The van der Waals surface area contributed by atoms with Crippen LogP contribution in [0.15, 0.2) is 0 Å². The number of carbonyl (C=O) groups excluding carboxylic acids is 1. The molecule has 1 aliphatic rings. The predicted molar refractivity (Wildman–Crippen MR) is 52.9 cm³/mol. The lowest BCUT2D eigenvalue weighted by molar-refractivity contribution is 0.217. The second-order valence-electron chi connectivity index (χ2n) is 2.92. The van der Waals surface area contributed by atoms with Crippen molar-refractivity contribution in [3.63, 3.8) is 0 Å². The molecule has 1 saturated heterocycles. The van der Waals surface area contributed by atoms with Gasteiger partial charge < -0.3 is 0 Å². The van der Waals surface area contributed by atoms with E-state index in [4.69, 9.17) is 0 Å². The van der Waals surface area contributed by atoms with Gasteiger partial charge in [-0.1, -0.05) is 18.3 Å². The van der Waals surface area contributed by atoms with Crippen molar-refractivity contribution < 1.29 is 4.79 Å². The summed E-state index contributed by atoms with van der Waals surface area (Å²) in [4.78, 5) is 13.1. The Balaban J connectivity index is 2.19. The van der Waals surface area contributed by atoms with Crippen LogP contribution in [0.3, 0.4) is 0 Å². The van der Waals surface area contributed by atoms with E-state index in [0.29, 0.717) is 11.8 Å². The zero-order valence-electron chi connectivity index (χ0n) is 8.02. The van der Waals surface area contributed by atoms with Crippen molar-refractivity contribution in [3.8, 4) is 0 Å². The number of aryl methyl sites for hydroxylation is 1. The molecule has 0 saturated carbocycles. The molecule has 1 aliphatic heterocycles. The fraction of sp³-hybridized carbons (Fsp3) is 0.571. The molecule has 2 heterocycles. The van der Waals surface area contributed by atoms with Gasteiger partial charge in [0.05, 0.1) is 6.67 Å². The van der Waals surface area contributed by atoms with Gasteiger partial charge in [-0.2, -0.15) is 0 Å².